The molecule has 9 nitrogen and oxygen atoms in total. The van der Waals surface area contributed by atoms with E-state index in [2.05, 4.69) is 27.4 Å². The minimum absolute atomic E-state index is 0.0661. The van der Waals surface area contributed by atoms with Crippen LogP contribution < -0.4 is 22.1 Å². The van der Waals surface area contributed by atoms with E-state index in [0.29, 0.717) is 13.1 Å². The van der Waals surface area contributed by atoms with Crippen LogP contribution in [0.5, 0.6) is 0 Å². The van der Waals surface area contributed by atoms with Crippen molar-refractivity contribution in [3.63, 3.8) is 0 Å². The molecule has 0 bridgehead atoms. The Bertz CT molecular complexity index is 981. The van der Waals surface area contributed by atoms with E-state index in [1.807, 2.05) is 24.3 Å². The Morgan fingerprint density at radius 2 is 1.88 bits per heavy atom. The highest BCUT2D eigenvalue weighted by molar-refractivity contribution is 5.88. The van der Waals surface area contributed by atoms with Crippen molar-refractivity contribution in [2.75, 3.05) is 44.6 Å². The van der Waals surface area contributed by atoms with Crippen molar-refractivity contribution in [2.45, 2.75) is 38.3 Å². The van der Waals surface area contributed by atoms with Gasteiger partial charge in [0.2, 0.25) is 0 Å². The molecule has 0 spiro atoms. The number of amides is 2. The van der Waals surface area contributed by atoms with Gasteiger partial charge in [0.25, 0.3) is 0 Å². The molecule has 1 atom stereocenters. The number of likely N-dealkylation sites (tertiary alicyclic amines) is 1. The maximum Gasteiger partial charge on any atom is 0.354 e. The molecule has 0 saturated carbocycles. The first-order valence-corrected chi connectivity index (χ1v) is 11.4. The minimum Gasteiger partial charge on any atom is -0.325 e. The second-order valence-corrected chi connectivity index (χ2v) is 9.08. The molecule has 1 aromatic carbocycles. The molecular weight excluding hydrogens is 406 g/mol. The van der Waals surface area contributed by atoms with Gasteiger partial charge in [0.05, 0.1) is 5.69 Å². The second kappa shape index (κ2) is 9.81. The molecule has 2 aliphatic heterocycles. The van der Waals surface area contributed by atoms with E-state index in [0.717, 1.165) is 57.7 Å². The number of nitrogens with zero attached hydrogens (tertiary/aromatic N) is 4. The molecule has 32 heavy (non-hydrogen) atoms. The number of benzene rings is 1. The van der Waals surface area contributed by atoms with Gasteiger partial charge in [-0.3, -0.25) is 14.8 Å². The number of carbonyl (C=O) groups is 1. The number of nitrogens with two attached hydrogens (primary N) is 1. The van der Waals surface area contributed by atoms with E-state index in [9.17, 15) is 9.59 Å². The van der Waals surface area contributed by atoms with E-state index in [-0.39, 0.29) is 17.4 Å². The van der Waals surface area contributed by atoms with E-state index in [4.69, 9.17) is 5.73 Å². The van der Waals surface area contributed by atoms with Gasteiger partial charge in [0.1, 0.15) is 5.82 Å². The van der Waals surface area contributed by atoms with Gasteiger partial charge in [0, 0.05) is 51.0 Å². The van der Waals surface area contributed by atoms with E-state index in [1.165, 1.54) is 10.1 Å². The van der Waals surface area contributed by atoms with Crippen LogP contribution in [0.25, 0.3) is 5.69 Å². The third-order valence-electron chi connectivity index (χ3n) is 6.28. The van der Waals surface area contributed by atoms with Crippen molar-refractivity contribution in [3.8, 4) is 5.69 Å². The summed E-state index contributed by atoms with van der Waals surface area (Å²) in [5.74, 6) is 0.263. The Balaban J connectivity index is 1.38. The molecule has 3 heterocycles. The molecule has 2 amide bonds. The quantitative estimate of drug-likeness (QED) is 0.664. The van der Waals surface area contributed by atoms with Crippen LogP contribution in [-0.2, 0) is 6.54 Å². The molecule has 2 aliphatic rings. The lowest BCUT2D eigenvalue weighted by Crippen LogP contribution is -2.48. The number of hydrogen-bond acceptors (Lipinski definition) is 6. The molecule has 2 aromatic rings. The standard InChI is InChI=1S/C23H33N7O2/c1-23(24)8-2-12-28(14-9-23)17-18-3-5-19(6-4-18)30-13-7-20(27-22(30)32)26-21(31)29-15-10-25-11-16-29/h3-7,13,25H,2,8-12,14-17,24H2,1H3,(H,26,27,31,32). The first-order valence-electron chi connectivity index (χ1n) is 11.4. The predicted octanol–water partition coefficient (Wildman–Crippen LogP) is 1.37. The van der Waals surface area contributed by atoms with E-state index >= 15 is 0 Å². The number of hydrogen-bond donors (Lipinski definition) is 3. The van der Waals surface area contributed by atoms with E-state index < -0.39 is 5.69 Å². The monoisotopic (exact) mass is 439 g/mol. The summed E-state index contributed by atoms with van der Waals surface area (Å²) in [4.78, 5) is 33.1. The van der Waals surface area contributed by atoms with Crippen molar-refractivity contribution < 1.29 is 4.79 Å². The maximum atomic E-state index is 12.6. The lowest BCUT2D eigenvalue weighted by molar-refractivity contribution is 0.204. The number of carbonyl (C=O) groups excluding carboxylic acids is 1. The van der Waals surface area contributed by atoms with Gasteiger partial charge < -0.3 is 16.0 Å². The summed E-state index contributed by atoms with van der Waals surface area (Å²) < 4.78 is 1.48. The Labute approximate surface area is 188 Å². The van der Waals surface area contributed by atoms with Gasteiger partial charge in [-0.15, -0.1) is 0 Å². The fourth-order valence-corrected chi connectivity index (χ4v) is 4.26. The van der Waals surface area contributed by atoms with Gasteiger partial charge >= 0.3 is 11.7 Å². The Hall–Kier alpha value is -2.75. The second-order valence-electron chi connectivity index (χ2n) is 9.08. The van der Waals surface area contributed by atoms with Crippen molar-refractivity contribution >= 4 is 11.8 Å². The number of urea groups is 1. The van der Waals surface area contributed by atoms with Crippen LogP contribution in [0.2, 0.25) is 0 Å². The topological polar surface area (TPSA) is 109 Å². The van der Waals surface area contributed by atoms with Crippen LogP contribution in [0, 0.1) is 0 Å². The summed E-state index contributed by atoms with van der Waals surface area (Å²) in [7, 11) is 0. The predicted molar refractivity (Wildman–Crippen MR) is 125 cm³/mol. The molecule has 1 unspecified atom stereocenters. The number of aromatic nitrogens is 2. The Kier molecular flexibility index (Phi) is 6.88. The average Bonchev–Trinajstić information content (AvgIpc) is 2.95. The lowest BCUT2D eigenvalue weighted by Gasteiger charge is -2.27. The highest BCUT2D eigenvalue weighted by atomic mass is 16.2. The van der Waals surface area contributed by atoms with Gasteiger partial charge in [-0.1, -0.05) is 12.1 Å². The SMILES string of the molecule is CC1(N)CCCN(Cc2ccc(-n3ccc(NC(=O)N4CCNCC4)nc3=O)cc2)CC1. The van der Waals surface area contributed by atoms with Gasteiger partial charge in [0.15, 0.2) is 0 Å². The third-order valence-corrected chi connectivity index (χ3v) is 6.28. The maximum absolute atomic E-state index is 12.6. The largest absolute Gasteiger partial charge is 0.354 e. The molecule has 0 aliphatic carbocycles. The number of rotatable bonds is 4. The van der Waals surface area contributed by atoms with E-state index in [1.54, 1.807) is 17.2 Å². The molecule has 172 valence electrons. The summed E-state index contributed by atoms with van der Waals surface area (Å²) in [5.41, 5.74) is 7.77. The van der Waals surface area contributed by atoms with Crippen LogP contribution in [0.3, 0.4) is 0 Å². The van der Waals surface area contributed by atoms with Crippen LogP contribution in [-0.4, -0.2) is 70.2 Å². The smallest absolute Gasteiger partial charge is 0.325 e. The molecule has 4 rings (SSSR count). The van der Waals surface area contributed by atoms with Crippen LogP contribution in [0.4, 0.5) is 10.6 Å². The van der Waals surface area contributed by atoms with Crippen LogP contribution in [0.1, 0.15) is 31.7 Å². The fraction of sp³-hybridized carbons (Fsp3) is 0.522. The number of nitrogens with one attached hydrogen (secondary N) is 2. The zero-order valence-corrected chi connectivity index (χ0v) is 18.7. The summed E-state index contributed by atoms with van der Waals surface area (Å²) >= 11 is 0. The third kappa shape index (κ3) is 5.73. The summed E-state index contributed by atoms with van der Waals surface area (Å²) in [6, 6.07) is 9.38. The molecule has 2 fully saturated rings. The Morgan fingerprint density at radius 3 is 2.59 bits per heavy atom. The number of piperazine rings is 1. The summed E-state index contributed by atoms with van der Waals surface area (Å²) in [6.45, 7) is 7.87. The summed E-state index contributed by atoms with van der Waals surface area (Å²) in [6.07, 6.45) is 4.83. The van der Waals surface area contributed by atoms with Crippen molar-refractivity contribution in [1.82, 2.24) is 24.7 Å². The zero-order valence-electron chi connectivity index (χ0n) is 18.7. The highest BCUT2D eigenvalue weighted by Gasteiger charge is 2.23. The van der Waals surface area contributed by atoms with Gasteiger partial charge in [-0.2, -0.15) is 4.98 Å². The van der Waals surface area contributed by atoms with Gasteiger partial charge in [-0.25, -0.2) is 9.59 Å². The summed E-state index contributed by atoms with van der Waals surface area (Å²) in [5, 5.41) is 5.92. The van der Waals surface area contributed by atoms with Crippen LogP contribution >= 0.6 is 0 Å². The Morgan fingerprint density at radius 1 is 1.12 bits per heavy atom. The minimum atomic E-state index is -0.425. The molecule has 9 heteroatoms. The van der Waals surface area contributed by atoms with Crippen molar-refractivity contribution in [1.29, 1.82) is 0 Å². The lowest BCUT2D eigenvalue weighted by atomic mass is 9.95. The normalized spacial score (nSPS) is 22.4. The molecule has 4 N–H and O–H groups in total. The van der Waals surface area contributed by atoms with Crippen molar-refractivity contribution in [2.24, 2.45) is 5.73 Å². The highest BCUT2D eigenvalue weighted by Crippen LogP contribution is 2.20. The first kappa shape index (κ1) is 22.4. The average molecular weight is 440 g/mol. The molecule has 0 radical (unpaired) electrons. The zero-order chi connectivity index (χ0) is 22.6. The fourth-order valence-electron chi connectivity index (χ4n) is 4.26. The number of anilines is 1. The van der Waals surface area contributed by atoms with Crippen LogP contribution in [0.15, 0.2) is 41.3 Å². The molecule has 1 aromatic heterocycles. The molecule has 2 saturated heterocycles. The first-order chi connectivity index (χ1) is 15.4. The molecular formula is C23H33N7O2. The van der Waals surface area contributed by atoms with Gasteiger partial charge in [-0.05, 0) is 56.5 Å². The van der Waals surface area contributed by atoms with Crippen molar-refractivity contribution in [3.05, 3.63) is 52.6 Å².